The Labute approximate surface area is 140 Å². The minimum Gasteiger partial charge on any atom is -0.493 e. The van der Waals surface area contributed by atoms with Crippen LogP contribution >= 0.6 is 0 Å². The average Bonchev–Trinajstić information content (AvgIpc) is 2.72. The van der Waals surface area contributed by atoms with E-state index >= 15 is 0 Å². The highest BCUT2D eigenvalue weighted by atomic mass is 16.5. The lowest BCUT2D eigenvalue weighted by molar-refractivity contribution is -0.211. The summed E-state index contributed by atoms with van der Waals surface area (Å²) in [6, 6.07) is 4.73. The molecule has 0 aromatic heterocycles. The van der Waals surface area contributed by atoms with Crippen LogP contribution in [0.15, 0.2) is 12.1 Å². The molecule has 7 rings (SSSR count). The van der Waals surface area contributed by atoms with Gasteiger partial charge >= 0.3 is 5.97 Å². The first kappa shape index (κ1) is 13.5. The number of carbonyl (C=O) groups excluding carboxylic acids is 1. The highest BCUT2D eigenvalue weighted by Crippen LogP contribution is 2.74. The smallest absolute Gasteiger partial charge is 0.302 e. The van der Waals surface area contributed by atoms with Gasteiger partial charge in [-0.3, -0.25) is 4.79 Å². The number of fused-ring (bicyclic) bond motifs is 2. The molecular weight excluding hydrogens is 306 g/mol. The van der Waals surface area contributed by atoms with Crippen molar-refractivity contribution >= 4 is 5.97 Å². The van der Waals surface area contributed by atoms with Crippen molar-refractivity contribution < 1.29 is 19.0 Å². The molecule has 3 saturated carbocycles. The summed E-state index contributed by atoms with van der Waals surface area (Å²) in [6.07, 6.45) is 4.01. The molecule has 2 aliphatic heterocycles. The van der Waals surface area contributed by atoms with Crippen LogP contribution in [0.5, 0.6) is 11.5 Å². The maximum Gasteiger partial charge on any atom is 0.302 e. The van der Waals surface area contributed by atoms with Crippen LogP contribution in [0.3, 0.4) is 0 Å². The first-order chi connectivity index (χ1) is 11.6. The highest BCUT2D eigenvalue weighted by molar-refractivity contribution is 5.68. The van der Waals surface area contributed by atoms with Gasteiger partial charge in [-0.25, -0.2) is 0 Å². The van der Waals surface area contributed by atoms with E-state index in [4.69, 9.17) is 14.2 Å². The van der Waals surface area contributed by atoms with Gasteiger partial charge in [0.2, 0.25) is 0 Å². The zero-order valence-electron chi connectivity index (χ0n) is 13.9. The molecule has 6 aliphatic rings. The lowest BCUT2D eigenvalue weighted by Gasteiger charge is -2.75. The Bertz CT molecular complexity index is 792. The molecule has 4 fully saturated rings. The highest BCUT2D eigenvalue weighted by Gasteiger charge is 2.82. The topological polar surface area (TPSA) is 56.8 Å². The van der Waals surface area contributed by atoms with E-state index in [-0.39, 0.29) is 29.1 Å². The number of methoxy groups -OCH3 is 1. The molecule has 2 bridgehead atoms. The molecule has 0 amide bonds. The van der Waals surface area contributed by atoms with E-state index in [9.17, 15) is 4.79 Å². The van der Waals surface area contributed by atoms with Crippen molar-refractivity contribution in [3.05, 3.63) is 23.3 Å². The van der Waals surface area contributed by atoms with E-state index in [0.717, 1.165) is 37.2 Å². The van der Waals surface area contributed by atoms with E-state index in [1.165, 1.54) is 18.1 Å². The van der Waals surface area contributed by atoms with Crippen molar-refractivity contribution in [3.8, 4) is 11.5 Å². The SMILES string of the molecule is COc1ccc2c3c1OC1CCC(OC(C)=O)C45CC31C4C(C2)N5. The summed E-state index contributed by atoms with van der Waals surface area (Å²) in [5, 5.41) is 3.79. The van der Waals surface area contributed by atoms with Crippen molar-refractivity contribution in [2.24, 2.45) is 5.92 Å². The van der Waals surface area contributed by atoms with Crippen LogP contribution in [0.25, 0.3) is 0 Å². The van der Waals surface area contributed by atoms with Gasteiger partial charge in [0, 0.05) is 29.9 Å². The number of benzene rings is 1. The Hall–Kier alpha value is -1.75. The van der Waals surface area contributed by atoms with Crippen LogP contribution < -0.4 is 14.8 Å². The second kappa shape index (κ2) is 3.90. The zero-order chi connectivity index (χ0) is 16.3. The molecule has 4 aliphatic carbocycles. The average molecular weight is 327 g/mol. The number of esters is 1. The molecular formula is C19H21NO4. The first-order valence-corrected chi connectivity index (χ1v) is 8.92. The summed E-state index contributed by atoms with van der Waals surface area (Å²) >= 11 is 0. The van der Waals surface area contributed by atoms with Crippen LogP contribution in [0.1, 0.15) is 37.3 Å². The minimum atomic E-state index is -0.174. The minimum absolute atomic E-state index is 0.0216. The molecule has 0 radical (unpaired) electrons. The number of hydrogen-bond donors (Lipinski definition) is 1. The van der Waals surface area contributed by atoms with Gasteiger partial charge in [0.15, 0.2) is 11.5 Å². The standard InChI is InChI=1S/C19H21NO4/c1-9(21)23-14-6-5-13-18-8-19(14)17(18)11(20-19)7-10-3-4-12(22-2)16(24-13)15(10)18/h3-4,11,13-14,17,20H,5-8H2,1-2H3. The second-order valence-corrected chi connectivity index (χ2v) is 8.10. The van der Waals surface area contributed by atoms with E-state index in [1.807, 2.05) is 6.07 Å². The van der Waals surface area contributed by atoms with Crippen molar-refractivity contribution in [1.29, 1.82) is 0 Å². The molecule has 1 N–H and O–H groups in total. The molecule has 1 saturated heterocycles. The monoisotopic (exact) mass is 327 g/mol. The second-order valence-electron chi connectivity index (χ2n) is 8.10. The number of rotatable bonds is 2. The summed E-state index contributed by atoms with van der Waals surface area (Å²) in [4.78, 5) is 11.6. The Morgan fingerprint density at radius 1 is 1.38 bits per heavy atom. The van der Waals surface area contributed by atoms with E-state index in [1.54, 1.807) is 7.11 Å². The van der Waals surface area contributed by atoms with Gasteiger partial charge in [0.25, 0.3) is 0 Å². The van der Waals surface area contributed by atoms with Gasteiger partial charge < -0.3 is 19.5 Å². The Morgan fingerprint density at radius 2 is 2.25 bits per heavy atom. The number of piperidine rings is 1. The normalized spacial score (nSPS) is 45.1. The lowest BCUT2D eigenvalue weighted by atomic mass is 9.36. The molecule has 2 spiro atoms. The van der Waals surface area contributed by atoms with Crippen molar-refractivity contribution in [1.82, 2.24) is 5.32 Å². The number of nitrogens with one attached hydrogen (secondary N) is 1. The molecule has 24 heavy (non-hydrogen) atoms. The van der Waals surface area contributed by atoms with Gasteiger partial charge in [-0.2, -0.15) is 0 Å². The molecule has 1 aromatic rings. The Morgan fingerprint density at radius 3 is 3.04 bits per heavy atom. The Kier molecular flexibility index (Phi) is 2.20. The zero-order valence-corrected chi connectivity index (χ0v) is 13.9. The molecule has 6 atom stereocenters. The van der Waals surface area contributed by atoms with E-state index in [0.29, 0.717) is 12.0 Å². The van der Waals surface area contributed by atoms with Gasteiger partial charge in [-0.1, -0.05) is 6.07 Å². The van der Waals surface area contributed by atoms with Crippen LogP contribution in [-0.2, 0) is 21.4 Å². The fourth-order valence-electron chi connectivity index (χ4n) is 6.81. The van der Waals surface area contributed by atoms with E-state index in [2.05, 4.69) is 11.4 Å². The number of carbonyl (C=O) groups is 1. The maximum atomic E-state index is 11.6. The molecule has 126 valence electrons. The maximum absolute atomic E-state index is 11.6. The Balaban J connectivity index is 1.52. The predicted octanol–water partition coefficient (Wildman–Crippen LogP) is 1.71. The van der Waals surface area contributed by atoms with Crippen molar-refractivity contribution in [3.63, 3.8) is 0 Å². The van der Waals surface area contributed by atoms with Gasteiger partial charge in [-0.15, -0.1) is 0 Å². The summed E-state index contributed by atoms with van der Waals surface area (Å²) < 4.78 is 17.8. The lowest BCUT2D eigenvalue weighted by Crippen LogP contribution is -2.90. The van der Waals surface area contributed by atoms with E-state index < -0.39 is 0 Å². The molecule has 5 nitrogen and oxygen atoms in total. The summed E-state index contributed by atoms with van der Waals surface area (Å²) in [7, 11) is 1.71. The van der Waals surface area contributed by atoms with Crippen molar-refractivity contribution in [2.75, 3.05) is 7.11 Å². The quantitative estimate of drug-likeness (QED) is 0.838. The molecule has 2 heterocycles. The summed E-state index contributed by atoms with van der Waals surface area (Å²) in [5.41, 5.74) is 2.87. The van der Waals surface area contributed by atoms with Crippen LogP contribution in [0.2, 0.25) is 0 Å². The van der Waals surface area contributed by atoms with Gasteiger partial charge in [0.1, 0.15) is 12.2 Å². The van der Waals surface area contributed by atoms with Crippen LogP contribution in [0.4, 0.5) is 0 Å². The van der Waals surface area contributed by atoms with Crippen LogP contribution in [0, 0.1) is 5.92 Å². The molecule has 5 heteroatoms. The largest absolute Gasteiger partial charge is 0.493 e. The predicted molar refractivity (Wildman–Crippen MR) is 85.3 cm³/mol. The van der Waals surface area contributed by atoms with Gasteiger partial charge in [0.05, 0.1) is 12.6 Å². The molecule has 1 aromatic carbocycles. The third kappa shape index (κ3) is 1.19. The fourth-order valence-corrected chi connectivity index (χ4v) is 6.81. The van der Waals surface area contributed by atoms with Crippen molar-refractivity contribution in [2.45, 2.75) is 61.8 Å². The first-order valence-electron chi connectivity index (χ1n) is 8.92. The van der Waals surface area contributed by atoms with Crippen LogP contribution in [-0.4, -0.2) is 36.9 Å². The fraction of sp³-hybridized carbons (Fsp3) is 0.632. The van der Waals surface area contributed by atoms with Gasteiger partial charge in [-0.05, 0) is 37.3 Å². The number of hydrogen-bond acceptors (Lipinski definition) is 5. The third-order valence-corrected chi connectivity index (χ3v) is 7.29. The molecule has 6 unspecified atom stereocenters. The summed E-state index contributed by atoms with van der Waals surface area (Å²) in [6.45, 7) is 1.52. The third-order valence-electron chi connectivity index (χ3n) is 7.29. The number of ether oxygens (including phenoxy) is 3. The summed E-state index contributed by atoms with van der Waals surface area (Å²) in [5.74, 6) is 2.18.